The summed E-state index contributed by atoms with van der Waals surface area (Å²) >= 11 is 1.10. The lowest BCUT2D eigenvalue weighted by Crippen LogP contribution is -2.18. The highest BCUT2D eigenvalue weighted by Gasteiger charge is 2.36. The molecule has 0 saturated carbocycles. The molecule has 0 saturated heterocycles. The van der Waals surface area contributed by atoms with Crippen LogP contribution in [0.25, 0.3) is 16.8 Å². The number of thiazole rings is 1. The molecule has 176 valence electrons. The van der Waals surface area contributed by atoms with Crippen LogP contribution in [0.5, 0.6) is 23.0 Å². The van der Waals surface area contributed by atoms with Crippen molar-refractivity contribution in [3.63, 3.8) is 0 Å². The predicted molar refractivity (Wildman–Crippen MR) is 119 cm³/mol. The van der Waals surface area contributed by atoms with Crippen molar-refractivity contribution < 1.29 is 36.9 Å². The summed E-state index contributed by atoms with van der Waals surface area (Å²) in [5.41, 5.74) is -0.0403. The van der Waals surface area contributed by atoms with E-state index in [1.54, 1.807) is 23.6 Å². The molecule has 3 aromatic rings. The second-order valence-corrected chi connectivity index (χ2v) is 8.16. The molecule has 0 bridgehead atoms. The van der Waals surface area contributed by atoms with Crippen LogP contribution in [0, 0.1) is 0 Å². The standard InChI is InChI=1S/C23H17F3N2O5S/c24-23(25,26)15(13-1-3-17-19(9-13)32-7-5-30-17)11-21(29)28-22-27-16(12-34-22)14-2-4-18-20(10-14)33-8-6-31-18/h1-4,9-12H,5-8H2,(H,27,28,29)/b15-11+. The normalized spacial score (nSPS) is 15.1. The largest absolute Gasteiger partial charge is 0.486 e. The van der Waals surface area contributed by atoms with Crippen molar-refractivity contribution in [1.29, 1.82) is 0 Å². The number of nitrogens with zero attached hydrogens (tertiary/aromatic N) is 1. The number of halogens is 3. The number of amides is 1. The fourth-order valence-electron chi connectivity index (χ4n) is 3.48. The molecular weight excluding hydrogens is 473 g/mol. The third-order valence-electron chi connectivity index (χ3n) is 5.01. The first-order chi connectivity index (χ1) is 16.4. The number of hydrogen-bond donors (Lipinski definition) is 1. The van der Waals surface area contributed by atoms with Gasteiger partial charge in [0, 0.05) is 17.0 Å². The zero-order valence-corrected chi connectivity index (χ0v) is 18.3. The van der Waals surface area contributed by atoms with Gasteiger partial charge >= 0.3 is 6.18 Å². The lowest BCUT2D eigenvalue weighted by molar-refractivity contribution is -0.112. The third-order valence-corrected chi connectivity index (χ3v) is 5.76. The topological polar surface area (TPSA) is 78.9 Å². The number of nitrogens with one attached hydrogen (secondary N) is 1. The van der Waals surface area contributed by atoms with Crippen LogP contribution in [0.4, 0.5) is 18.3 Å². The lowest BCUT2D eigenvalue weighted by atomic mass is 10.0. The molecule has 0 atom stereocenters. The molecule has 1 aromatic heterocycles. The van der Waals surface area contributed by atoms with Crippen molar-refractivity contribution >= 4 is 27.9 Å². The van der Waals surface area contributed by atoms with Crippen LogP contribution in [-0.2, 0) is 4.79 Å². The van der Waals surface area contributed by atoms with Gasteiger partial charge in [-0.1, -0.05) is 6.07 Å². The van der Waals surface area contributed by atoms with Crippen molar-refractivity contribution in [3.05, 3.63) is 53.4 Å². The van der Waals surface area contributed by atoms with Gasteiger partial charge in [-0.05, 0) is 35.9 Å². The Bertz CT molecular complexity index is 1270. The first kappa shape index (κ1) is 22.1. The van der Waals surface area contributed by atoms with Gasteiger partial charge in [0.15, 0.2) is 28.1 Å². The number of ether oxygens (including phenoxy) is 4. The summed E-state index contributed by atoms with van der Waals surface area (Å²) in [5.74, 6) is 0.811. The molecule has 7 nitrogen and oxygen atoms in total. The van der Waals surface area contributed by atoms with E-state index in [0.717, 1.165) is 16.9 Å². The average Bonchev–Trinajstić information content (AvgIpc) is 3.29. The molecular formula is C23H17F3N2O5S. The molecule has 34 heavy (non-hydrogen) atoms. The smallest absolute Gasteiger partial charge is 0.417 e. The van der Waals surface area contributed by atoms with Crippen LogP contribution >= 0.6 is 11.3 Å². The number of hydrogen-bond acceptors (Lipinski definition) is 7. The predicted octanol–water partition coefficient (Wildman–Crippen LogP) is 4.94. The second kappa shape index (κ2) is 8.90. The van der Waals surface area contributed by atoms with Crippen LogP contribution < -0.4 is 24.3 Å². The summed E-state index contributed by atoms with van der Waals surface area (Å²) in [7, 11) is 0. The van der Waals surface area contributed by atoms with E-state index in [-0.39, 0.29) is 23.1 Å². The minimum Gasteiger partial charge on any atom is -0.486 e. The molecule has 0 aliphatic carbocycles. The highest BCUT2D eigenvalue weighted by Crippen LogP contribution is 2.39. The van der Waals surface area contributed by atoms with Crippen LogP contribution in [0.1, 0.15) is 5.56 Å². The Kier molecular flexibility index (Phi) is 5.78. The van der Waals surface area contributed by atoms with E-state index in [2.05, 4.69) is 10.3 Å². The van der Waals surface area contributed by atoms with Crippen molar-refractivity contribution in [3.8, 4) is 34.3 Å². The number of benzene rings is 2. The molecule has 0 fully saturated rings. The summed E-state index contributed by atoms with van der Waals surface area (Å²) < 4.78 is 63.0. The Labute approximate surface area is 195 Å². The zero-order valence-electron chi connectivity index (χ0n) is 17.5. The van der Waals surface area contributed by atoms with Crippen LogP contribution in [0.2, 0.25) is 0 Å². The minimum atomic E-state index is -4.76. The summed E-state index contributed by atoms with van der Waals surface area (Å²) in [6.07, 6.45) is -4.25. The number of anilines is 1. The molecule has 1 amide bonds. The first-order valence-electron chi connectivity index (χ1n) is 10.2. The molecule has 0 unspecified atom stereocenters. The van der Waals surface area contributed by atoms with Gasteiger partial charge in [0.2, 0.25) is 0 Å². The fraction of sp³-hybridized carbons (Fsp3) is 0.217. The monoisotopic (exact) mass is 490 g/mol. The Morgan fingerprint density at radius 2 is 1.53 bits per heavy atom. The Morgan fingerprint density at radius 1 is 0.912 bits per heavy atom. The number of carbonyl (C=O) groups excluding carboxylic acids is 1. The van der Waals surface area contributed by atoms with E-state index in [1.165, 1.54) is 18.2 Å². The van der Waals surface area contributed by atoms with E-state index in [4.69, 9.17) is 18.9 Å². The van der Waals surface area contributed by atoms with E-state index in [0.29, 0.717) is 48.8 Å². The second-order valence-electron chi connectivity index (χ2n) is 7.30. The number of alkyl halides is 3. The van der Waals surface area contributed by atoms with E-state index < -0.39 is 17.7 Å². The molecule has 2 aliphatic rings. The van der Waals surface area contributed by atoms with Crippen molar-refractivity contribution in [2.75, 3.05) is 31.7 Å². The highest BCUT2D eigenvalue weighted by molar-refractivity contribution is 7.14. The zero-order chi connectivity index (χ0) is 23.7. The maximum absolute atomic E-state index is 13.7. The molecule has 5 rings (SSSR count). The van der Waals surface area contributed by atoms with E-state index >= 15 is 0 Å². The van der Waals surface area contributed by atoms with Crippen LogP contribution in [0.3, 0.4) is 0 Å². The van der Waals surface area contributed by atoms with Gasteiger partial charge in [-0.25, -0.2) is 4.98 Å². The number of carbonyl (C=O) groups is 1. The van der Waals surface area contributed by atoms with Crippen LogP contribution in [-0.4, -0.2) is 43.5 Å². The molecule has 1 N–H and O–H groups in total. The molecule has 11 heteroatoms. The lowest BCUT2D eigenvalue weighted by Gasteiger charge is -2.20. The van der Waals surface area contributed by atoms with Gasteiger partial charge in [0.05, 0.1) is 11.3 Å². The number of fused-ring (bicyclic) bond motifs is 2. The number of rotatable bonds is 4. The third kappa shape index (κ3) is 4.65. The Hall–Kier alpha value is -3.73. The number of allylic oxidation sites excluding steroid dienone is 1. The van der Waals surface area contributed by atoms with Gasteiger partial charge in [0.1, 0.15) is 26.4 Å². The van der Waals surface area contributed by atoms with Gasteiger partial charge in [-0.3, -0.25) is 10.1 Å². The minimum absolute atomic E-state index is 0.162. The van der Waals surface area contributed by atoms with Crippen molar-refractivity contribution in [2.45, 2.75) is 6.18 Å². The summed E-state index contributed by atoms with van der Waals surface area (Å²) in [5, 5.41) is 4.26. The SMILES string of the molecule is O=C(/C=C(\c1ccc2c(c1)OCCO2)C(F)(F)F)Nc1nc(-c2ccc3c(c2)OCCO3)cs1. The van der Waals surface area contributed by atoms with Crippen molar-refractivity contribution in [2.24, 2.45) is 0 Å². The van der Waals surface area contributed by atoms with Crippen molar-refractivity contribution in [1.82, 2.24) is 4.98 Å². The van der Waals surface area contributed by atoms with E-state index in [1.807, 2.05) is 0 Å². The first-order valence-corrected chi connectivity index (χ1v) is 11.1. The van der Waals surface area contributed by atoms with E-state index in [9.17, 15) is 18.0 Å². The number of aromatic nitrogens is 1. The van der Waals surface area contributed by atoms with Gasteiger partial charge < -0.3 is 18.9 Å². The Balaban J connectivity index is 1.36. The van der Waals surface area contributed by atoms with Gasteiger partial charge in [-0.2, -0.15) is 13.2 Å². The molecule has 2 aliphatic heterocycles. The Morgan fingerprint density at radius 3 is 2.21 bits per heavy atom. The van der Waals surface area contributed by atoms with Crippen LogP contribution in [0.15, 0.2) is 47.9 Å². The average molecular weight is 490 g/mol. The molecule has 0 spiro atoms. The molecule has 3 heterocycles. The summed E-state index contributed by atoms with van der Waals surface area (Å²) in [6.45, 7) is 1.46. The quantitative estimate of drug-likeness (QED) is 0.522. The maximum Gasteiger partial charge on any atom is 0.417 e. The summed E-state index contributed by atoms with van der Waals surface area (Å²) in [4.78, 5) is 16.8. The van der Waals surface area contributed by atoms with Gasteiger partial charge in [-0.15, -0.1) is 11.3 Å². The molecule has 0 radical (unpaired) electrons. The summed E-state index contributed by atoms with van der Waals surface area (Å²) in [6, 6.07) is 9.15. The maximum atomic E-state index is 13.7. The van der Waals surface area contributed by atoms with Gasteiger partial charge in [0.25, 0.3) is 5.91 Å². The molecule has 2 aromatic carbocycles. The fourth-order valence-corrected chi connectivity index (χ4v) is 4.20. The highest BCUT2D eigenvalue weighted by atomic mass is 32.1.